The van der Waals surface area contributed by atoms with Gasteiger partial charge < -0.3 is 25.0 Å². The number of nitrogens with zero attached hydrogens (tertiary/aromatic N) is 2. The highest BCUT2D eigenvalue weighted by molar-refractivity contribution is 5.95. The molecule has 2 amide bonds. The molecule has 1 aliphatic carbocycles. The van der Waals surface area contributed by atoms with E-state index in [2.05, 4.69) is 11.1 Å². The van der Waals surface area contributed by atoms with Crippen LogP contribution in [0.25, 0.3) is 22.0 Å². The molecule has 1 aliphatic heterocycles. The molecule has 1 saturated heterocycles. The molecule has 7 heteroatoms. The Morgan fingerprint density at radius 2 is 1.55 bits per heavy atom. The number of hydrogen-bond acceptors (Lipinski definition) is 4. The number of fused-ring (bicyclic) bond motifs is 1. The summed E-state index contributed by atoms with van der Waals surface area (Å²) < 4.78 is 0. The second-order valence-electron chi connectivity index (χ2n) is 8.45. The molecule has 5 rings (SSSR count). The minimum atomic E-state index is -1.15. The topological polar surface area (TPSA) is 96.9 Å². The quantitative estimate of drug-likeness (QED) is 0.604. The van der Waals surface area contributed by atoms with E-state index in [1.54, 1.807) is 9.80 Å². The minimum absolute atomic E-state index is 0.0237. The van der Waals surface area contributed by atoms with Crippen LogP contribution in [0, 0.1) is 0 Å². The average molecular weight is 419 g/mol. The molecule has 0 unspecified atom stereocenters. The van der Waals surface area contributed by atoms with Crippen LogP contribution in [0.1, 0.15) is 28.9 Å². The van der Waals surface area contributed by atoms with Gasteiger partial charge in [0, 0.05) is 48.3 Å². The van der Waals surface area contributed by atoms with Crippen LogP contribution in [0.2, 0.25) is 0 Å². The van der Waals surface area contributed by atoms with E-state index >= 15 is 0 Å². The molecule has 2 aromatic carbocycles. The van der Waals surface area contributed by atoms with E-state index in [0.717, 1.165) is 27.7 Å². The van der Waals surface area contributed by atoms with Crippen molar-refractivity contribution in [1.29, 1.82) is 0 Å². The minimum Gasteiger partial charge on any atom is -0.390 e. The molecule has 0 spiro atoms. The Labute approximate surface area is 179 Å². The van der Waals surface area contributed by atoms with Gasteiger partial charge >= 0.3 is 0 Å². The zero-order chi connectivity index (χ0) is 21.6. The maximum atomic E-state index is 12.9. The monoisotopic (exact) mass is 419 g/mol. The lowest BCUT2D eigenvalue weighted by molar-refractivity contribution is -0.143. The van der Waals surface area contributed by atoms with Gasteiger partial charge in [0.25, 0.3) is 11.8 Å². The molecular weight excluding hydrogens is 394 g/mol. The van der Waals surface area contributed by atoms with Crippen molar-refractivity contribution in [3.63, 3.8) is 0 Å². The number of aromatic amines is 1. The third kappa shape index (κ3) is 3.71. The summed E-state index contributed by atoms with van der Waals surface area (Å²) in [4.78, 5) is 31.7. The summed E-state index contributed by atoms with van der Waals surface area (Å²) in [6.07, 6.45) is 1.08. The third-order valence-corrected chi connectivity index (χ3v) is 6.29. The molecule has 1 aromatic heterocycles. The lowest BCUT2D eigenvalue weighted by atomic mass is 10.0. The third-order valence-electron chi connectivity index (χ3n) is 6.29. The summed E-state index contributed by atoms with van der Waals surface area (Å²) in [5, 5.41) is 20.3. The molecule has 0 atom stereocenters. The van der Waals surface area contributed by atoms with E-state index in [1.165, 1.54) is 0 Å². The number of carbonyl (C=O) groups excluding carboxylic acids is 2. The predicted molar refractivity (Wildman–Crippen MR) is 116 cm³/mol. The average Bonchev–Trinajstić information content (AvgIpc) is 3.43. The molecule has 2 aliphatic rings. The fourth-order valence-corrected chi connectivity index (χ4v) is 4.18. The van der Waals surface area contributed by atoms with Crippen LogP contribution in [0.3, 0.4) is 0 Å². The Kier molecular flexibility index (Phi) is 4.79. The van der Waals surface area contributed by atoms with E-state index in [9.17, 15) is 19.8 Å². The van der Waals surface area contributed by atoms with Gasteiger partial charge in [-0.05, 0) is 54.3 Å². The second-order valence-corrected chi connectivity index (χ2v) is 8.45. The zero-order valence-corrected chi connectivity index (χ0v) is 17.2. The normalized spacial score (nSPS) is 17.7. The van der Waals surface area contributed by atoms with E-state index in [0.29, 0.717) is 44.6 Å². The van der Waals surface area contributed by atoms with Gasteiger partial charge in [-0.25, -0.2) is 0 Å². The number of piperazine rings is 1. The number of nitrogens with one attached hydrogen (secondary N) is 1. The van der Waals surface area contributed by atoms with Crippen molar-refractivity contribution in [2.75, 3.05) is 26.2 Å². The van der Waals surface area contributed by atoms with E-state index in [4.69, 9.17) is 0 Å². The van der Waals surface area contributed by atoms with Crippen LogP contribution in [-0.2, 0) is 11.4 Å². The summed E-state index contributed by atoms with van der Waals surface area (Å²) in [7, 11) is 0. The van der Waals surface area contributed by atoms with Gasteiger partial charge in [-0.1, -0.05) is 18.2 Å². The first kappa shape index (κ1) is 19.8. The predicted octanol–water partition coefficient (Wildman–Crippen LogP) is 2.14. The fraction of sp³-hybridized carbons (Fsp3) is 0.333. The highest BCUT2D eigenvalue weighted by atomic mass is 16.3. The molecule has 3 aromatic rings. The Bertz CT molecular complexity index is 1140. The van der Waals surface area contributed by atoms with Crippen molar-refractivity contribution >= 4 is 22.7 Å². The molecule has 0 radical (unpaired) electrons. The summed E-state index contributed by atoms with van der Waals surface area (Å²) in [6.45, 7) is 1.83. The number of rotatable bonds is 4. The SMILES string of the molecule is O=C(c1ccc(-c2ccc3[nH]c(CO)cc3c2)cc1)N1CCN(C(=O)C2(O)CC2)CC1. The zero-order valence-electron chi connectivity index (χ0n) is 17.2. The molecule has 0 bridgehead atoms. The highest BCUT2D eigenvalue weighted by Crippen LogP contribution is 2.37. The van der Waals surface area contributed by atoms with E-state index < -0.39 is 5.60 Å². The van der Waals surface area contributed by atoms with Crippen LogP contribution in [-0.4, -0.2) is 68.6 Å². The lowest BCUT2D eigenvalue weighted by Gasteiger charge is -2.35. The number of carbonyl (C=O) groups is 2. The summed E-state index contributed by atoms with van der Waals surface area (Å²) in [5.41, 5.74) is 3.28. The van der Waals surface area contributed by atoms with Crippen LogP contribution >= 0.6 is 0 Å². The van der Waals surface area contributed by atoms with Crippen LogP contribution in [0.15, 0.2) is 48.5 Å². The first-order valence-corrected chi connectivity index (χ1v) is 10.6. The van der Waals surface area contributed by atoms with Crippen molar-refractivity contribution in [3.05, 3.63) is 59.8 Å². The van der Waals surface area contributed by atoms with Crippen molar-refractivity contribution in [1.82, 2.24) is 14.8 Å². The maximum absolute atomic E-state index is 12.9. The highest BCUT2D eigenvalue weighted by Gasteiger charge is 2.50. The summed E-state index contributed by atoms with van der Waals surface area (Å²) in [6, 6.07) is 15.6. The van der Waals surface area contributed by atoms with Crippen molar-refractivity contribution in [2.45, 2.75) is 25.0 Å². The molecular formula is C24H25N3O4. The summed E-state index contributed by atoms with van der Waals surface area (Å²) in [5.74, 6) is -0.244. The Morgan fingerprint density at radius 3 is 2.19 bits per heavy atom. The van der Waals surface area contributed by atoms with Crippen molar-refractivity contribution in [3.8, 4) is 11.1 Å². The molecule has 7 nitrogen and oxygen atoms in total. The molecule has 1 saturated carbocycles. The van der Waals surface area contributed by atoms with Crippen LogP contribution < -0.4 is 0 Å². The number of amides is 2. The molecule has 160 valence electrons. The number of H-pyrrole nitrogens is 1. The number of hydrogen-bond donors (Lipinski definition) is 3. The van der Waals surface area contributed by atoms with Gasteiger partial charge in [-0.2, -0.15) is 0 Å². The molecule has 31 heavy (non-hydrogen) atoms. The lowest BCUT2D eigenvalue weighted by Crippen LogP contribution is -2.53. The number of aliphatic hydroxyl groups excluding tert-OH is 1. The Morgan fingerprint density at radius 1 is 0.903 bits per heavy atom. The Balaban J connectivity index is 1.26. The number of benzene rings is 2. The van der Waals surface area contributed by atoms with Crippen LogP contribution in [0.5, 0.6) is 0 Å². The maximum Gasteiger partial charge on any atom is 0.254 e. The fourth-order valence-electron chi connectivity index (χ4n) is 4.18. The second kappa shape index (κ2) is 7.51. The van der Waals surface area contributed by atoms with Gasteiger partial charge in [0.05, 0.1) is 6.61 Å². The standard InChI is InChI=1S/C24H25N3O4/c28-15-20-14-19-13-18(5-6-21(19)25-20)16-1-3-17(4-2-16)22(29)26-9-11-27(12-10-26)23(30)24(31)7-8-24/h1-6,13-14,25,28,31H,7-12,15H2. The van der Waals surface area contributed by atoms with E-state index in [-0.39, 0.29) is 18.4 Å². The van der Waals surface area contributed by atoms with Gasteiger partial charge in [0.2, 0.25) is 0 Å². The largest absolute Gasteiger partial charge is 0.390 e. The molecule has 2 fully saturated rings. The van der Waals surface area contributed by atoms with E-state index in [1.807, 2.05) is 42.5 Å². The summed E-state index contributed by atoms with van der Waals surface area (Å²) >= 11 is 0. The first-order chi connectivity index (χ1) is 15.0. The van der Waals surface area contributed by atoms with Crippen LogP contribution in [0.4, 0.5) is 0 Å². The number of aliphatic hydroxyl groups is 2. The number of aromatic nitrogens is 1. The van der Waals surface area contributed by atoms with Gasteiger partial charge in [-0.3, -0.25) is 9.59 Å². The van der Waals surface area contributed by atoms with Gasteiger partial charge in [-0.15, -0.1) is 0 Å². The molecule has 3 N–H and O–H groups in total. The van der Waals surface area contributed by atoms with Crippen molar-refractivity contribution < 1.29 is 19.8 Å². The van der Waals surface area contributed by atoms with Gasteiger partial charge in [0.15, 0.2) is 0 Å². The van der Waals surface area contributed by atoms with Crippen molar-refractivity contribution in [2.24, 2.45) is 0 Å². The van der Waals surface area contributed by atoms with Gasteiger partial charge in [0.1, 0.15) is 5.60 Å². The smallest absolute Gasteiger partial charge is 0.254 e. The first-order valence-electron chi connectivity index (χ1n) is 10.6. The Hall–Kier alpha value is -3.16. The molecule has 2 heterocycles.